The number of nitrogens with one attached hydrogen (secondary N) is 1. The Morgan fingerprint density at radius 1 is 1.10 bits per heavy atom. The van der Waals surface area contributed by atoms with Gasteiger partial charge in [0.2, 0.25) is 0 Å². The molecule has 0 heterocycles. The highest BCUT2D eigenvalue weighted by Gasteiger charge is 2.12. The fourth-order valence-electron chi connectivity index (χ4n) is 1.82. The quantitative estimate of drug-likeness (QED) is 0.837. The maximum absolute atomic E-state index is 13.3. The zero-order valence-corrected chi connectivity index (χ0v) is 10.7. The van der Waals surface area contributed by atoms with Crippen LogP contribution in [-0.2, 0) is 0 Å². The van der Waals surface area contributed by atoms with Gasteiger partial charge in [0, 0.05) is 16.9 Å². The first-order valence-electron chi connectivity index (χ1n) is 5.89. The van der Waals surface area contributed by atoms with Crippen molar-refractivity contribution in [3.63, 3.8) is 0 Å². The van der Waals surface area contributed by atoms with Crippen LogP contribution >= 0.6 is 0 Å². The predicted molar refractivity (Wildman–Crippen MR) is 73.1 cm³/mol. The molecule has 2 aromatic rings. The number of benzene rings is 2. The Hall–Kier alpha value is -2.69. The van der Waals surface area contributed by atoms with Crippen LogP contribution in [0.1, 0.15) is 27.6 Å². The maximum Gasteiger partial charge on any atom is 0.338 e. The average Bonchev–Trinajstić information content (AvgIpc) is 2.41. The topological polar surface area (TPSA) is 66.4 Å². The Morgan fingerprint density at radius 3 is 2.45 bits per heavy atom. The number of carbonyl (C=O) groups is 2. The summed E-state index contributed by atoms with van der Waals surface area (Å²) in [6.07, 6.45) is 0. The van der Waals surface area contributed by atoms with Gasteiger partial charge in [-0.15, -0.1) is 0 Å². The number of hydrogen-bond donors (Lipinski definition) is 2. The standard InChI is InChI=1S/C15H12FNO3/c1-9(18)11-4-2-3-5-14(11)17-10-6-7-13(16)12(8-10)15(19)20/h2-8,17H,1H3,(H,19,20). The van der Waals surface area contributed by atoms with Crippen LogP contribution in [0, 0.1) is 5.82 Å². The van der Waals surface area contributed by atoms with Crippen molar-refractivity contribution < 1.29 is 19.1 Å². The van der Waals surface area contributed by atoms with Gasteiger partial charge in [-0.2, -0.15) is 0 Å². The molecule has 0 spiro atoms. The Balaban J connectivity index is 2.38. The second kappa shape index (κ2) is 5.52. The van der Waals surface area contributed by atoms with E-state index in [9.17, 15) is 14.0 Å². The summed E-state index contributed by atoms with van der Waals surface area (Å²) in [5.41, 5.74) is 1.00. The number of hydrogen-bond acceptors (Lipinski definition) is 3. The number of carboxylic acids is 1. The molecule has 0 aromatic heterocycles. The first-order chi connectivity index (χ1) is 9.49. The van der Waals surface area contributed by atoms with Crippen molar-refractivity contribution in [2.75, 3.05) is 5.32 Å². The van der Waals surface area contributed by atoms with E-state index in [2.05, 4.69) is 5.32 Å². The van der Waals surface area contributed by atoms with E-state index in [1.807, 2.05) is 0 Å². The number of para-hydroxylation sites is 1. The predicted octanol–water partition coefficient (Wildman–Crippen LogP) is 3.47. The lowest BCUT2D eigenvalue weighted by atomic mass is 10.1. The van der Waals surface area contributed by atoms with Gasteiger partial charge in [0.25, 0.3) is 0 Å². The molecule has 0 aliphatic rings. The number of halogens is 1. The van der Waals surface area contributed by atoms with E-state index >= 15 is 0 Å². The third-order valence-electron chi connectivity index (χ3n) is 2.78. The first kappa shape index (κ1) is 13.7. The minimum absolute atomic E-state index is 0.117. The number of rotatable bonds is 4. The van der Waals surface area contributed by atoms with Crippen molar-refractivity contribution in [2.24, 2.45) is 0 Å². The highest BCUT2D eigenvalue weighted by atomic mass is 19.1. The van der Waals surface area contributed by atoms with Gasteiger partial charge in [0.1, 0.15) is 5.82 Å². The van der Waals surface area contributed by atoms with E-state index in [-0.39, 0.29) is 5.78 Å². The molecule has 2 rings (SSSR count). The second-order valence-corrected chi connectivity index (χ2v) is 4.23. The Labute approximate surface area is 114 Å². The van der Waals surface area contributed by atoms with Crippen LogP contribution in [0.25, 0.3) is 0 Å². The van der Waals surface area contributed by atoms with Crippen molar-refractivity contribution in [3.05, 3.63) is 59.4 Å². The third-order valence-corrected chi connectivity index (χ3v) is 2.78. The number of carboxylic acid groups (broad SMARTS) is 1. The molecule has 0 aliphatic heterocycles. The van der Waals surface area contributed by atoms with Gasteiger partial charge in [-0.1, -0.05) is 12.1 Å². The van der Waals surface area contributed by atoms with Crippen LogP contribution in [-0.4, -0.2) is 16.9 Å². The summed E-state index contributed by atoms with van der Waals surface area (Å²) in [4.78, 5) is 22.4. The molecule has 0 saturated heterocycles. The fraction of sp³-hybridized carbons (Fsp3) is 0.0667. The van der Waals surface area contributed by atoms with Crippen LogP contribution in [0.15, 0.2) is 42.5 Å². The van der Waals surface area contributed by atoms with Crippen molar-refractivity contribution in [2.45, 2.75) is 6.92 Å². The zero-order chi connectivity index (χ0) is 14.7. The lowest BCUT2D eigenvalue weighted by molar-refractivity contribution is 0.0691. The van der Waals surface area contributed by atoms with E-state index in [4.69, 9.17) is 5.11 Å². The zero-order valence-electron chi connectivity index (χ0n) is 10.7. The minimum Gasteiger partial charge on any atom is -0.478 e. The number of anilines is 2. The SMILES string of the molecule is CC(=O)c1ccccc1Nc1ccc(F)c(C(=O)O)c1. The smallest absolute Gasteiger partial charge is 0.338 e. The summed E-state index contributed by atoms with van der Waals surface area (Å²) < 4.78 is 13.3. The molecule has 2 N–H and O–H groups in total. The van der Waals surface area contributed by atoms with Gasteiger partial charge < -0.3 is 10.4 Å². The highest BCUT2D eigenvalue weighted by molar-refractivity contribution is 6.00. The Morgan fingerprint density at radius 2 is 1.80 bits per heavy atom. The van der Waals surface area contributed by atoms with Gasteiger partial charge in [0.15, 0.2) is 5.78 Å². The summed E-state index contributed by atoms with van der Waals surface area (Å²) in [7, 11) is 0. The number of carbonyl (C=O) groups excluding carboxylic acids is 1. The molecule has 2 aromatic carbocycles. The normalized spacial score (nSPS) is 10.1. The van der Waals surface area contributed by atoms with E-state index in [0.29, 0.717) is 16.9 Å². The molecule has 0 aliphatic carbocycles. The fourth-order valence-corrected chi connectivity index (χ4v) is 1.82. The van der Waals surface area contributed by atoms with E-state index in [0.717, 1.165) is 6.07 Å². The number of aromatic carboxylic acids is 1. The molecule has 102 valence electrons. The van der Waals surface area contributed by atoms with Gasteiger partial charge >= 0.3 is 5.97 Å². The van der Waals surface area contributed by atoms with Crippen molar-refractivity contribution in [1.29, 1.82) is 0 Å². The number of ketones is 1. The molecular weight excluding hydrogens is 261 g/mol. The first-order valence-corrected chi connectivity index (χ1v) is 5.89. The van der Waals surface area contributed by atoms with Crippen LogP contribution in [0.2, 0.25) is 0 Å². The molecular formula is C15H12FNO3. The van der Waals surface area contributed by atoms with E-state index in [1.54, 1.807) is 24.3 Å². The largest absolute Gasteiger partial charge is 0.478 e. The molecule has 20 heavy (non-hydrogen) atoms. The molecule has 0 unspecified atom stereocenters. The summed E-state index contributed by atoms with van der Waals surface area (Å²) in [5.74, 6) is -2.26. The van der Waals surface area contributed by atoms with Crippen molar-refractivity contribution in [1.82, 2.24) is 0 Å². The van der Waals surface area contributed by atoms with Gasteiger partial charge in [0.05, 0.1) is 5.56 Å². The molecule has 5 heteroatoms. The Bertz CT molecular complexity index is 683. The van der Waals surface area contributed by atoms with E-state index < -0.39 is 17.3 Å². The molecule has 0 bridgehead atoms. The summed E-state index contributed by atoms with van der Waals surface area (Å²) in [5, 5.41) is 11.8. The van der Waals surface area contributed by atoms with Gasteiger partial charge in [-0.25, -0.2) is 9.18 Å². The molecule has 0 amide bonds. The average molecular weight is 273 g/mol. The highest BCUT2D eigenvalue weighted by Crippen LogP contribution is 2.23. The minimum atomic E-state index is -1.34. The van der Waals surface area contributed by atoms with Gasteiger partial charge in [-0.3, -0.25) is 4.79 Å². The number of Topliss-reactive ketones (excluding diaryl/α,β-unsaturated/α-hetero) is 1. The molecule has 0 atom stereocenters. The summed E-state index contributed by atoms with van der Waals surface area (Å²) in [6.45, 7) is 1.44. The van der Waals surface area contributed by atoms with Crippen LogP contribution in [0.5, 0.6) is 0 Å². The van der Waals surface area contributed by atoms with Crippen LogP contribution in [0.4, 0.5) is 15.8 Å². The molecule has 0 saturated carbocycles. The maximum atomic E-state index is 13.3. The lowest BCUT2D eigenvalue weighted by Crippen LogP contribution is -2.03. The van der Waals surface area contributed by atoms with Crippen LogP contribution < -0.4 is 5.32 Å². The molecule has 0 fully saturated rings. The van der Waals surface area contributed by atoms with Crippen LogP contribution in [0.3, 0.4) is 0 Å². The molecule has 4 nitrogen and oxygen atoms in total. The van der Waals surface area contributed by atoms with Crippen molar-refractivity contribution in [3.8, 4) is 0 Å². The summed E-state index contributed by atoms with van der Waals surface area (Å²) >= 11 is 0. The molecule has 0 radical (unpaired) electrons. The van der Waals surface area contributed by atoms with Gasteiger partial charge in [-0.05, 0) is 37.3 Å². The summed E-state index contributed by atoms with van der Waals surface area (Å²) in [6, 6.07) is 10.5. The lowest BCUT2D eigenvalue weighted by Gasteiger charge is -2.11. The monoisotopic (exact) mass is 273 g/mol. The Kier molecular flexibility index (Phi) is 3.79. The third kappa shape index (κ3) is 2.83. The second-order valence-electron chi connectivity index (χ2n) is 4.23. The van der Waals surface area contributed by atoms with Crippen molar-refractivity contribution >= 4 is 23.1 Å². The van der Waals surface area contributed by atoms with E-state index in [1.165, 1.54) is 19.1 Å².